The Bertz CT molecular complexity index is 650. The van der Waals surface area contributed by atoms with E-state index in [4.69, 9.17) is 0 Å². The van der Waals surface area contributed by atoms with E-state index in [2.05, 4.69) is 34.5 Å². The molecule has 0 fully saturated rings. The molecule has 0 saturated heterocycles. The molecule has 22 heavy (non-hydrogen) atoms. The van der Waals surface area contributed by atoms with Crippen molar-refractivity contribution in [3.8, 4) is 0 Å². The molecule has 3 nitrogen and oxygen atoms in total. The van der Waals surface area contributed by atoms with Crippen LogP contribution in [0, 0.1) is 6.92 Å². The van der Waals surface area contributed by atoms with E-state index in [9.17, 15) is 4.79 Å². The molecular weight excluding hydrogens is 292 g/mol. The van der Waals surface area contributed by atoms with Crippen LogP contribution in [-0.4, -0.2) is 30.4 Å². The van der Waals surface area contributed by atoms with Gasteiger partial charge < -0.3 is 5.32 Å². The summed E-state index contributed by atoms with van der Waals surface area (Å²) in [5.41, 5.74) is 2.94. The van der Waals surface area contributed by atoms with E-state index in [0.29, 0.717) is 0 Å². The van der Waals surface area contributed by atoms with E-state index in [1.165, 1.54) is 16.0 Å². The lowest BCUT2D eigenvalue weighted by molar-refractivity contribution is 0.0955. The van der Waals surface area contributed by atoms with Gasteiger partial charge in [-0.05, 0) is 43.0 Å². The van der Waals surface area contributed by atoms with E-state index >= 15 is 0 Å². The first-order valence-electron chi connectivity index (χ1n) is 7.86. The number of carbonyl (C=O) groups is 1. The van der Waals surface area contributed by atoms with Crippen molar-refractivity contribution in [2.24, 2.45) is 0 Å². The fourth-order valence-corrected chi connectivity index (χ4v) is 3.68. The molecule has 1 aromatic heterocycles. The number of benzene rings is 1. The van der Waals surface area contributed by atoms with Gasteiger partial charge in [0.25, 0.3) is 5.91 Å². The quantitative estimate of drug-likeness (QED) is 0.859. The lowest BCUT2D eigenvalue weighted by atomic mass is 10.00. The Kier molecular flexibility index (Phi) is 4.90. The van der Waals surface area contributed by atoms with Crippen molar-refractivity contribution in [3.63, 3.8) is 0 Å². The van der Waals surface area contributed by atoms with Gasteiger partial charge in [-0.15, -0.1) is 11.3 Å². The van der Waals surface area contributed by atoms with Crippen LogP contribution in [0.15, 0.2) is 36.4 Å². The van der Waals surface area contributed by atoms with Crippen LogP contribution in [0.1, 0.15) is 32.1 Å². The summed E-state index contributed by atoms with van der Waals surface area (Å²) in [7, 11) is 0. The van der Waals surface area contributed by atoms with Crippen LogP contribution in [0.3, 0.4) is 0 Å². The predicted octanol–water partition coefficient (Wildman–Crippen LogP) is 3.23. The van der Waals surface area contributed by atoms with Crippen LogP contribution in [0.25, 0.3) is 0 Å². The molecule has 1 aromatic carbocycles. The zero-order valence-corrected chi connectivity index (χ0v) is 13.8. The Labute approximate surface area is 136 Å². The zero-order chi connectivity index (χ0) is 15.4. The first kappa shape index (κ1) is 15.3. The average Bonchev–Trinajstić information content (AvgIpc) is 2.98. The highest BCUT2D eigenvalue weighted by molar-refractivity contribution is 7.13. The number of hydrogen-bond acceptors (Lipinski definition) is 3. The van der Waals surface area contributed by atoms with Crippen molar-refractivity contribution in [3.05, 3.63) is 57.3 Å². The average molecular weight is 314 g/mol. The van der Waals surface area contributed by atoms with Crippen molar-refractivity contribution >= 4 is 17.2 Å². The van der Waals surface area contributed by atoms with Crippen molar-refractivity contribution in [2.45, 2.75) is 26.3 Å². The minimum Gasteiger partial charge on any atom is -0.351 e. The molecule has 0 bridgehead atoms. The van der Waals surface area contributed by atoms with E-state index in [-0.39, 0.29) is 5.91 Å². The topological polar surface area (TPSA) is 32.3 Å². The molecule has 3 rings (SSSR count). The smallest absolute Gasteiger partial charge is 0.261 e. The normalized spacial score (nSPS) is 14.6. The molecule has 4 heteroatoms. The molecule has 0 spiro atoms. The van der Waals surface area contributed by atoms with Crippen LogP contribution in [0.5, 0.6) is 0 Å². The molecule has 1 amide bonds. The Morgan fingerprint density at radius 2 is 2.05 bits per heavy atom. The molecule has 1 N–H and O–H groups in total. The molecule has 2 aromatic rings. The summed E-state index contributed by atoms with van der Waals surface area (Å²) in [5.74, 6) is 0.0575. The Morgan fingerprint density at radius 3 is 2.82 bits per heavy atom. The number of nitrogens with zero attached hydrogens (tertiary/aromatic N) is 1. The number of carbonyl (C=O) groups excluding carboxylic acids is 1. The molecule has 0 aliphatic carbocycles. The van der Waals surface area contributed by atoms with Gasteiger partial charge in [-0.25, -0.2) is 0 Å². The highest BCUT2D eigenvalue weighted by Crippen LogP contribution is 2.18. The van der Waals surface area contributed by atoms with Crippen LogP contribution in [-0.2, 0) is 13.0 Å². The monoisotopic (exact) mass is 314 g/mol. The zero-order valence-electron chi connectivity index (χ0n) is 13.0. The van der Waals surface area contributed by atoms with Gasteiger partial charge in [-0.2, -0.15) is 0 Å². The lowest BCUT2D eigenvalue weighted by Crippen LogP contribution is -2.33. The Hall–Kier alpha value is -1.65. The maximum Gasteiger partial charge on any atom is 0.261 e. The highest BCUT2D eigenvalue weighted by atomic mass is 32.1. The molecule has 0 atom stereocenters. The number of aryl methyl sites for hydroxylation is 1. The van der Waals surface area contributed by atoms with Crippen molar-refractivity contribution in [2.75, 3.05) is 19.6 Å². The van der Waals surface area contributed by atoms with Crippen molar-refractivity contribution in [1.29, 1.82) is 0 Å². The second kappa shape index (κ2) is 7.07. The first-order chi connectivity index (χ1) is 10.7. The van der Waals surface area contributed by atoms with Gasteiger partial charge in [0.15, 0.2) is 0 Å². The predicted molar refractivity (Wildman–Crippen MR) is 91.4 cm³/mol. The Morgan fingerprint density at radius 1 is 1.23 bits per heavy atom. The van der Waals surface area contributed by atoms with E-state index in [1.807, 2.05) is 19.1 Å². The largest absolute Gasteiger partial charge is 0.351 e. The second-order valence-electron chi connectivity index (χ2n) is 5.81. The summed E-state index contributed by atoms with van der Waals surface area (Å²) in [6, 6.07) is 12.6. The standard InChI is InChI=1S/C18H22N2OS/c1-14-7-8-17(22-14)18(21)19-10-4-11-20-12-9-15-5-2-3-6-16(15)13-20/h2-3,5-8H,4,9-13H2,1H3,(H,19,21). The van der Waals surface area contributed by atoms with Gasteiger partial charge in [0, 0.05) is 31.1 Å². The van der Waals surface area contributed by atoms with Gasteiger partial charge in [-0.3, -0.25) is 9.69 Å². The van der Waals surface area contributed by atoms with Gasteiger partial charge in [0.2, 0.25) is 0 Å². The number of hydrogen-bond donors (Lipinski definition) is 1. The first-order valence-corrected chi connectivity index (χ1v) is 8.68. The fraction of sp³-hybridized carbons (Fsp3) is 0.389. The van der Waals surface area contributed by atoms with Crippen LogP contribution >= 0.6 is 11.3 Å². The molecule has 116 valence electrons. The third-order valence-electron chi connectivity index (χ3n) is 4.11. The molecular formula is C18H22N2OS. The van der Waals surface area contributed by atoms with Gasteiger partial charge in [0.05, 0.1) is 4.88 Å². The number of rotatable bonds is 5. The summed E-state index contributed by atoms with van der Waals surface area (Å²) in [6.45, 7) is 5.96. The number of thiophene rings is 1. The van der Waals surface area contributed by atoms with Crippen LogP contribution in [0.2, 0.25) is 0 Å². The summed E-state index contributed by atoms with van der Waals surface area (Å²) < 4.78 is 0. The molecule has 1 aliphatic heterocycles. The Balaban J connectivity index is 1.40. The summed E-state index contributed by atoms with van der Waals surface area (Å²) in [5, 5.41) is 3.02. The van der Waals surface area contributed by atoms with Gasteiger partial charge in [0.1, 0.15) is 0 Å². The molecule has 1 aliphatic rings. The highest BCUT2D eigenvalue weighted by Gasteiger charge is 2.15. The maximum atomic E-state index is 12.0. The molecule has 0 unspecified atom stereocenters. The van der Waals surface area contributed by atoms with E-state index < -0.39 is 0 Å². The van der Waals surface area contributed by atoms with Crippen LogP contribution < -0.4 is 5.32 Å². The number of amides is 1. The fourth-order valence-electron chi connectivity index (χ4n) is 2.89. The summed E-state index contributed by atoms with van der Waals surface area (Å²) >= 11 is 1.55. The molecule has 2 heterocycles. The SMILES string of the molecule is Cc1ccc(C(=O)NCCCN2CCc3ccccc3C2)s1. The van der Waals surface area contributed by atoms with Gasteiger partial charge in [-0.1, -0.05) is 24.3 Å². The second-order valence-corrected chi connectivity index (χ2v) is 7.10. The minimum absolute atomic E-state index is 0.0575. The maximum absolute atomic E-state index is 12.0. The third kappa shape index (κ3) is 3.76. The van der Waals surface area contributed by atoms with Crippen molar-refractivity contribution < 1.29 is 4.79 Å². The summed E-state index contributed by atoms with van der Waals surface area (Å²) in [4.78, 5) is 16.4. The summed E-state index contributed by atoms with van der Waals surface area (Å²) in [6.07, 6.45) is 2.13. The van der Waals surface area contributed by atoms with Crippen LogP contribution in [0.4, 0.5) is 0 Å². The molecule has 0 radical (unpaired) electrons. The third-order valence-corrected chi connectivity index (χ3v) is 5.11. The van der Waals surface area contributed by atoms with E-state index in [1.54, 1.807) is 11.3 Å². The minimum atomic E-state index is 0.0575. The van der Waals surface area contributed by atoms with Crippen molar-refractivity contribution in [1.82, 2.24) is 10.2 Å². The number of fused-ring (bicyclic) bond motifs is 1. The molecule has 0 saturated carbocycles. The van der Waals surface area contributed by atoms with E-state index in [0.717, 1.165) is 43.9 Å². The lowest BCUT2D eigenvalue weighted by Gasteiger charge is -2.28. The number of nitrogens with one attached hydrogen (secondary N) is 1. The van der Waals surface area contributed by atoms with Gasteiger partial charge >= 0.3 is 0 Å².